The summed E-state index contributed by atoms with van der Waals surface area (Å²) >= 11 is 0. The minimum atomic E-state index is -0.847. The van der Waals surface area contributed by atoms with Crippen LogP contribution in [0.1, 0.15) is 335 Å². The number of ether oxygens (including phenoxy) is 1. The molecular formula is C62H119NO5. The van der Waals surface area contributed by atoms with Crippen LogP contribution in [0, 0.1) is 0 Å². The lowest BCUT2D eigenvalue weighted by Gasteiger charge is -2.20. The number of nitrogens with one attached hydrogen (secondary N) is 1. The predicted molar refractivity (Wildman–Crippen MR) is 296 cm³/mol. The van der Waals surface area contributed by atoms with E-state index in [1.807, 2.05) is 6.08 Å². The Labute approximate surface area is 424 Å². The zero-order chi connectivity index (χ0) is 49.3. The van der Waals surface area contributed by atoms with Crippen LogP contribution in [0.15, 0.2) is 24.3 Å². The van der Waals surface area contributed by atoms with Crippen molar-refractivity contribution < 1.29 is 24.5 Å². The van der Waals surface area contributed by atoms with Gasteiger partial charge < -0.3 is 20.3 Å². The van der Waals surface area contributed by atoms with E-state index in [-0.39, 0.29) is 18.5 Å². The van der Waals surface area contributed by atoms with Crippen LogP contribution in [0.2, 0.25) is 0 Å². The van der Waals surface area contributed by atoms with Crippen molar-refractivity contribution in [2.75, 3.05) is 13.2 Å². The molecular weight excluding hydrogens is 839 g/mol. The number of hydrogen-bond donors (Lipinski definition) is 3. The fourth-order valence-corrected chi connectivity index (χ4v) is 9.51. The monoisotopic (exact) mass is 958 g/mol. The van der Waals surface area contributed by atoms with Crippen LogP contribution in [0.5, 0.6) is 0 Å². The molecule has 0 aromatic heterocycles. The molecule has 402 valence electrons. The summed E-state index contributed by atoms with van der Waals surface area (Å²) in [7, 11) is 0. The number of esters is 1. The summed E-state index contributed by atoms with van der Waals surface area (Å²) < 4.78 is 5.49. The van der Waals surface area contributed by atoms with E-state index in [0.717, 1.165) is 44.9 Å². The number of carbonyl (C=O) groups is 2. The third kappa shape index (κ3) is 53.7. The van der Waals surface area contributed by atoms with Crippen molar-refractivity contribution in [1.82, 2.24) is 5.32 Å². The topological polar surface area (TPSA) is 95.9 Å². The molecule has 1 amide bonds. The Bertz CT molecular complexity index is 1060. The van der Waals surface area contributed by atoms with Gasteiger partial charge in [0.1, 0.15) is 0 Å². The molecule has 0 bridgehead atoms. The molecule has 0 aliphatic heterocycles. The maximum atomic E-state index is 12.5. The van der Waals surface area contributed by atoms with Gasteiger partial charge in [0.25, 0.3) is 0 Å². The third-order valence-corrected chi connectivity index (χ3v) is 14.2. The molecule has 0 rings (SSSR count). The molecule has 6 nitrogen and oxygen atoms in total. The van der Waals surface area contributed by atoms with Crippen molar-refractivity contribution in [2.45, 2.75) is 347 Å². The average molecular weight is 959 g/mol. The first-order valence-corrected chi connectivity index (χ1v) is 30.6. The second-order valence-electron chi connectivity index (χ2n) is 21.0. The first-order valence-electron chi connectivity index (χ1n) is 30.6. The summed E-state index contributed by atoms with van der Waals surface area (Å²) in [5, 5.41) is 23.1. The summed E-state index contributed by atoms with van der Waals surface area (Å²) in [6.45, 7) is 4.91. The summed E-state index contributed by atoms with van der Waals surface area (Å²) in [5.74, 6) is -0.0666. The Balaban J connectivity index is 3.42. The Morgan fingerprint density at radius 3 is 1.04 bits per heavy atom. The third-order valence-electron chi connectivity index (χ3n) is 14.2. The summed E-state index contributed by atoms with van der Waals surface area (Å²) in [6.07, 6.45) is 70.6. The number of aliphatic hydroxyl groups excluding tert-OH is 2. The van der Waals surface area contributed by atoms with E-state index in [4.69, 9.17) is 4.74 Å². The number of allylic oxidation sites excluding steroid dienone is 3. The number of carbonyl (C=O) groups excluding carboxylic acids is 2. The normalized spacial score (nSPS) is 12.7. The van der Waals surface area contributed by atoms with Crippen molar-refractivity contribution in [3.63, 3.8) is 0 Å². The zero-order valence-corrected chi connectivity index (χ0v) is 45.9. The van der Waals surface area contributed by atoms with Crippen LogP contribution in [0.4, 0.5) is 0 Å². The maximum Gasteiger partial charge on any atom is 0.305 e. The number of rotatable bonds is 57. The molecule has 0 aliphatic carbocycles. The van der Waals surface area contributed by atoms with Crippen molar-refractivity contribution >= 4 is 11.9 Å². The van der Waals surface area contributed by atoms with Crippen molar-refractivity contribution in [2.24, 2.45) is 0 Å². The molecule has 0 spiro atoms. The van der Waals surface area contributed by atoms with Gasteiger partial charge >= 0.3 is 5.97 Å². The molecule has 0 heterocycles. The average Bonchev–Trinajstić information content (AvgIpc) is 3.34. The molecule has 0 aromatic carbocycles. The van der Waals surface area contributed by atoms with Gasteiger partial charge in [0.2, 0.25) is 5.91 Å². The van der Waals surface area contributed by atoms with Gasteiger partial charge in [-0.3, -0.25) is 9.59 Å². The molecule has 3 N–H and O–H groups in total. The molecule has 6 heteroatoms. The summed E-state index contributed by atoms with van der Waals surface area (Å²) in [4.78, 5) is 24.5. The van der Waals surface area contributed by atoms with Gasteiger partial charge in [-0.2, -0.15) is 0 Å². The van der Waals surface area contributed by atoms with E-state index in [9.17, 15) is 19.8 Å². The van der Waals surface area contributed by atoms with Crippen LogP contribution < -0.4 is 5.32 Å². The minimum Gasteiger partial charge on any atom is -0.466 e. The summed E-state index contributed by atoms with van der Waals surface area (Å²) in [5.41, 5.74) is 0. The number of aliphatic hydroxyl groups is 2. The lowest BCUT2D eigenvalue weighted by molar-refractivity contribution is -0.143. The van der Waals surface area contributed by atoms with Gasteiger partial charge in [-0.1, -0.05) is 289 Å². The quantitative estimate of drug-likeness (QED) is 0.0321. The highest BCUT2D eigenvalue weighted by atomic mass is 16.5. The van der Waals surface area contributed by atoms with E-state index >= 15 is 0 Å². The van der Waals surface area contributed by atoms with Gasteiger partial charge in [0.15, 0.2) is 0 Å². The van der Waals surface area contributed by atoms with Crippen LogP contribution in [0.3, 0.4) is 0 Å². The molecule has 2 unspecified atom stereocenters. The highest BCUT2D eigenvalue weighted by Crippen LogP contribution is 2.17. The second kappa shape index (κ2) is 57.9. The van der Waals surface area contributed by atoms with Gasteiger partial charge in [0, 0.05) is 12.8 Å². The molecule has 0 aliphatic rings. The molecule has 0 radical (unpaired) electrons. The minimum absolute atomic E-state index is 0.00356. The SMILES string of the molecule is CCCCCCCC/C=C\CCCCCCCCCC(=O)OCCCCCCCCCCCCCCCCCCCCC(=O)NC(CO)C(O)/C=C/CCCCCCCCCCCCCCCC. The van der Waals surface area contributed by atoms with Crippen molar-refractivity contribution in [3.8, 4) is 0 Å². The first-order chi connectivity index (χ1) is 33.5. The molecule has 0 fully saturated rings. The Kier molecular flexibility index (Phi) is 56.5. The van der Waals surface area contributed by atoms with E-state index in [0.29, 0.717) is 19.4 Å². The second-order valence-corrected chi connectivity index (χ2v) is 21.0. The standard InChI is InChI=1S/C62H119NO5/c1-3-5-7-9-11-13-15-17-19-23-28-32-36-40-44-48-52-56-62(67)68-57-53-49-45-41-37-33-29-25-22-21-24-27-31-35-39-43-47-51-55-61(66)63-59(58-64)60(65)54-50-46-42-38-34-30-26-20-18-16-14-12-10-8-6-4-2/h17,19,50,54,59-60,64-65H,3-16,18,20-49,51-53,55-58H2,1-2H3,(H,63,66)/b19-17-,54-50+. The number of unbranched alkanes of at least 4 members (excludes halogenated alkanes) is 44. The smallest absolute Gasteiger partial charge is 0.305 e. The fourth-order valence-electron chi connectivity index (χ4n) is 9.51. The van der Waals surface area contributed by atoms with E-state index < -0.39 is 12.1 Å². The molecule has 2 atom stereocenters. The largest absolute Gasteiger partial charge is 0.466 e. The van der Waals surface area contributed by atoms with Crippen LogP contribution >= 0.6 is 0 Å². The Morgan fingerprint density at radius 1 is 0.397 bits per heavy atom. The van der Waals surface area contributed by atoms with E-state index in [1.54, 1.807) is 6.08 Å². The zero-order valence-electron chi connectivity index (χ0n) is 45.9. The first kappa shape index (κ1) is 66.3. The fraction of sp³-hybridized carbons (Fsp3) is 0.903. The van der Waals surface area contributed by atoms with Crippen molar-refractivity contribution in [3.05, 3.63) is 24.3 Å². The highest BCUT2D eigenvalue weighted by molar-refractivity contribution is 5.76. The van der Waals surface area contributed by atoms with Crippen LogP contribution in [0.25, 0.3) is 0 Å². The van der Waals surface area contributed by atoms with Gasteiger partial charge in [-0.05, 0) is 57.8 Å². The van der Waals surface area contributed by atoms with E-state index in [1.165, 1.54) is 263 Å². The van der Waals surface area contributed by atoms with Gasteiger partial charge in [-0.15, -0.1) is 0 Å². The lowest BCUT2D eigenvalue weighted by Crippen LogP contribution is -2.45. The maximum absolute atomic E-state index is 12.5. The Morgan fingerprint density at radius 2 is 0.691 bits per heavy atom. The van der Waals surface area contributed by atoms with E-state index in [2.05, 4.69) is 31.3 Å². The molecule has 68 heavy (non-hydrogen) atoms. The highest BCUT2D eigenvalue weighted by Gasteiger charge is 2.18. The predicted octanol–water partition coefficient (Wildman–Crippen LogP) is 19.0. The van der Waals surface area contributed by atoms with Gasteiger partial charge in [0.05, 0.1) is 25.4 Å². The van der Waals surface area contributed by atoms with Crippen molar-refractivity contribution in [1.29, 1.82) is 0 Å². The lowest BCUT2D eigenvalue weighted by atomic mass is 10.0. The van der Waals surface area contributed by atoms with Crippen LogP contribution in [-0.4, -0.2) is 47.4 Å². The molecule has 0 saturated heterocycles. The Hall–Kier alpha value is -1.66. The number of hydrogen-bond acceptors (Lipinski definition) is 5. The molecule has 0 aromatic rings. The molecule has 0 saturated carbocycles. The van der Waals surface area contributed by atoms with Crippen LogP contribution in [-0.2, 0) is 14.3 Å². The number of amides is 1. The summed E-state index contributed by atoms with van der Waals surface area (Å²) in [6, 6.07) is -0.631. The van der Waals surface area contributed by atoms with Gasteiger partial charge in [-0.25, -0.2) is 0 Å².